The predicted octanol–water partition coefficient (Wildman–Crippen LogP) is 3.98. The highest BCUT2D eigenvalue weighted by Gasteiger charge is 2.14. The molecule has 112 valence electrons. The van der Waals surface area contributed by atoms with Gasteiger partial charge in [-0.1, -0.05) is 25.4 Å². The average molecular weight is 314 g/mol. The molecule has 2 aromatic rings. The molecule has 7 heteroatoms. The Labute approximate surface area is 125 Å². The second-order valence-electron chi connectivity index (χ2n) is 4.98. The van der Waals surface area contributed by atoms with Crippen LogP contribution in [0.2, 0.25) is 5.02 Å². The number of halogens is 3. The van der Waals surface area contributed by atoms with E-state index in [1.807, 2.05) is 13.8 Å². The van der Waals surface area contributed by atoms with Crippen molar-refractivity contribution in [2.75, 3.05) is 5.73 Å². The number of anilines is 1. The van der Waals surface area contributed by atoms with Gasteiger partial charge >= 0.3 is 0 Å². The van der Waals surface area contributed by atoms with E-state index in [9.17, 15) is 8.78 Å². The fourth-order valence-electron chi connectivity index (χ4n) is 1.74. The van der Waals surface area contributed by atoms with Crippen molar-refractivity contribution in [1.82, 2.24) is 10.2 Å². The molecule has 1 aromatic carbocycles. The van der Waals surface area contributed by atoms with Crippen molar-refractivity contribution < 1.29 is 13.5 Å². The van der Waals surface area contributed by atoms with E-state index in [1.54, 1.807) is 0 Å². The summed E-state index contributed by atoms with van der Waals surface area (Å²) in [5.41, 5.74) is 6.89. The zero-order chi connectivity index (χ0) is 15.6. The first-order chi connectivity index (χ1) is 9.86. The zero-order valence-electron chi connectivity index (χ0n) is 11.5. The Balaban J connectivity index is 2.27. The first kappa shape index (κ1) is 15.4. The van der Waals surface area contributed by atoms with Crippen LogP contribution in [0.5, 0.6) is 11.6 Å². The summed E-state index contributed by atoms with van der Waals surface area (Å²) in [4.78, 5) is 0. The van der Waals surface area contributed by atoms with Crippen LogP contribution in [0.4, 0.5) is 14.5 Å². The van der Waals surface area contributed by atoms with E-state index in [4.69, 9.17) is 22.1 Å². The monoisotopic (exact) mass is 313 g/mol. The zero-order valence-corrected chi connectivity index (χ0v) is 12.3. The predicted molar refractivity (Wildman–Crippen MR) is 76.4 cm³/mol. The number of nitrogen functional groups attached to an aromatic ring is 1. The minimum Gasteiger partial charge on any atom is -0.433 e. The molecule has 0 aliphatic rings. The fourth-order valence-corrected chi connectivity index (χ4v) is 1.97. The summed E-state index contributed by atoms with van der Waals surface area (Å²) >= 11 is 5.74. The number of hydrogen-bond acceptors (Lipinski definition) is 4. The Morgan fingerprint density at radius 3 is 2.52 bits per heavy atom. The Morgan fingerprint density at radius 1 is 1.24 bits per heavy atom. The van der Waals surface area contributed by atoms with Crippen molar-refractivity contribution in [2.45, 2.75) is 20.3 Å². The molecule has 0 saturated heterocycles. The SMILES string of the molecule is CC(C)Cc1nnc(Oc2c(F)cc(F)cc2Cl)cc1N. The summed E-state index contributed by atoms with van der Waals surface area (Å²) in [5, 5.41) is 7.58. The van der Waals surface area contributed by atoms with Crippen molar-refractivity contribution in [1.29, 1.82) is 0 Å². The van der Waals surface area contributed by atoms with E-state index in [2.05, 4.69) is 10.2 Å². The van der Waals surface area contributed by atoms with Crippen molar-refractivity contribution in [2.24, 2.45) is 5.92 Å². The summed E-state index contributed by atoms with van der Waals surface area (Å²) in [6, 6.07) is 3.05. The molecular formula is C14H14ClF2N3O. The third-order valence-electron chi connectivity index (χ3n) is 2.65. The van der Waals surface area contributed by atoms with Crippen molar-refractivity contribution in [3.63, 3.8) is 0 Å². The molecule has 0 fully saturated rings. The molecule has 0 aliphatic carbocycles. The smallest absolute Gasteiger partial charge is 0.241 e. The Hall–Kier alpha value is -1.95. The quantitative estimate of drug-likeness (QED) is 0.927. The van der Waals surface area contributed by atoms with Crippen LogP contribution < -0.4 is 10.5 Å². The lowest BCUT2D eigenvalue weighted by Crippen LogP contribution is -2.05. The topological polar surface area (TPSA) is 61.0 Å². The second-order valence-corrected chi connectivity index (χ2v) is 5.39. The molecule has 1 aromatic heterocycles. The molecule has 2 N–H and O–H groups in total. The molecule has 0 saturated carbocycles. The summed E-state index contributed by atoms with van der Waals surface area (Å²) in [6.45, 7) is 4.05. The maximum absolute atomic E-state index is 13.6. The molecule has 0 amide bonds. The molecule has 0 radical (unpaired) electrons. The largest absolute Gasteiger partial charge is 0.433 e. The van der Waals surface area contributed by atoms with E-state index >= 15 is 0 Å². The highest BCUT2D eigenvalue weighted by atomic mass is 35.5. The van der Waals surface area contributed by atoms with Gasteiger partial charge in [0.2, 0.25) is 5.88 Å². The van der Waals surface area contributed by atoms with Crippen LogP contribution in [0, 0.1) is 17.6 Å². The number of rotatable bonds is 4. The molecule has 0 bridgehead atoms. The first-order valence-electron chi connectivity index (χ1n) is 6.31. The minimum absolute atomic E-state index is 0.00702. The molecule has 1 heterocycles. The summed E-state index contributed by atoms with van der Waals surface area (Å²) in [6.07, 6.45) is 0.671. The van der Waals surface area contributed by atoms with Gasteiger partial charge in [0.05, 0.1) is 16.4 Å². The number of benzene rings is 1. The fraction of sp³-hybridized carbons (Fsp3) is 0.286. The van der Waals surface area contributed by atoms with E-state index in [0.717, 1.165) is 6.07 Å². The van der Waals surface area contributed by atoms with Gasteiger partial charge in [0.25, 0.3) is 0 Å². The second kappa shape index (κ2) is 6.22. The number of hydrogen-bond donors (Lipinski definition) is 1. The lowest BCUT2D eigenvalue weighted by Gasteiger charge is -2.10. The highest BCUT2D eigenvalue weighted by Crippen LogP contribution is 2.32. The van der Waals surface area contributed by atoms with E-state index in [0.29, 0.717) is 29.8 Å². The molecule has 0 unspecified atom stereocenters. The van der Waals surface area contributed by atoms with Crippen LogP contribution in [-0.4, -0.2) is 10.2 Å². The van der Waals surface area contributed by atoms with Crippen LogP contribution in [-0.2, 0) is 6.42 Å². The van der Waals surface area contributed by atoms with Crippen molar-refractivity contribution in [3.05, 3.63) is 40.6 Å². The van der Waals surface area contributed by atoms with Gasteiger partial charge < -0.3 is 10.5 Å². The van der Waals surface area contributed by atoms with Gasteiger partial charge in [-0.3, -0.25) is 0 Å². The normalized spacial score (nSPS) is 11.0. The standard InChI is InChI=1S/C14H14ClF2N3O/c1-7(2)3-12-11(18)6-13(20-19-12)21-14-9(15)4-8(16)5-10(14)17/h4-7H,3H2,1-2H3,(H2,18,20). The molecule has 0 aliphatic heterocycles. The lowest BCUT2D eigenvalue weighted by atomic mass is 10.1. The number of nitrogens with zero attached hydrogens (tertiary/aromatic N) is 2. The number of ether oxygens (including phenoxy) is 1. The third-order valence-corrected chi connectivity index (χ3v) is 2.93. The first-order valence-corrected chi connectivity index (χ1v) is 6.69. The molecule has 0 atom stereocenters. The molecule has 2 rings (SSSR count). The number of nitrogens with two attached hydrogens (primary N) is 1. The van der Waals surface area contributed by atoms with Crippen LogP contribution in [0.3, 0.4) is 0 Å². The molecule has 21 heavy (non-hydrogen) atoms. The van der Waals surface area contributed by atoms with Gasteiger partial charge in [-0.15, -0.1) is 10.2 Å². The average Bonchev–Trinajstić information content (AvgIpc) is 2.36. The maximum atomic E-state index is 13.6. The third kappa shape index (κ3) is 3.78. The summed E-state index contributed by atoms with van der Waals surface area (Å²) in [7, 11) is 0. The van der Waals surface area contributed by atoms with Crippen LogP contribution in [0.15, 0.2) is 18.2 Å². The van der Waals surface area contributed by atoms with Crippen molar-refractivity contribution >= 4 is 17.3 Å². The summed E-state index contributed by atoms with van der Waals surface area (Å²) < 4.78 is 31.8. The molecular weight excluding hydrogens is 300 g/mol. The van der Waals surface area contributed by atoms with Crippen molar-refractivity contribution in [3.8, 4) is 11.6 Å². The maximum Gasteiger partial charge on any atom is 0.241 e. The van der Waals surface area contributed by atoms with Gasteiger partial charge in [0.15, 0.2) is 11.6 Å². The number of aromatic nitrogens is 2. The van der Waals surface area contributed by atoms with E-state index < -0.39 is 11.6 Å². The van der Waals surface area contributed by atoms with Gasteiger partial charge in [-0.05, 0) is 18.4 Å². The Kier molecular flexibility index (Phi) is 4.57. The molecule has 4 nitrogen and oxygen atoms in total. The Morgan fingerprint density at radius 2 is 1.95 bits per heavy atom. The van der Waals surface area contributed by atoms with E-state index in [1.165, 1.54) is 6.07 Å². The van der Waals surface area contributed by atoms with Crippen LogP contribution in [0.1, 0.15) is 19.5 Å². The van der Waals surface area contributed by atoms with Gasteiger partial charge in [-0.25, -0.2) is 8.78 Å². The van der Waals surface area contributed by atoms with Crippen LogP contribution >= 0.6 is 11.6 Å². The molecule has 0 spiro atoms. The Bertz CT molecular complexity index is 642. The summed E-state index contributed by atoms with van der Waals surface area (Å²) in [5.74, 6) is -1.66. The highest BCUT2D eigenvalue weighted by molar-refractivity contribution is 6.32. The van der Waals surface area contributed by atoms with E-state index in [-0.39, 0.29) is 16.7 Å². The van der Waals surface area contributed by atoms with Gasteiger partial charge in [0.1, 0.15) is 5.82 Å². The van der Waals surface area contributed by atoms with Gasteiger partial charge in [0, 0.05) is 12.1 Å². The minimum atomic E-state index is -0.924. The van der Waals surface area contributed by atoms with Crippen LogP contribution in [0.25, 0.3) is 0 Å². The lowest BCUT2D eigenvalue weighted by molar-refractivity contribution is 0.417. The van der Waals surface area contributed by atoms with Gasteiger partial charge in [-0.2, -0.15) is 0 Å².